The van der Waals surface area contributed by atoms with E-state index in [9.17, 15) is 13.2 Å². The summed E-state index contributed by atoms with van der Waals surface area (Å²) in [5, 5.41) is 2.89. The standard InChI is InChI=1S/C51H49N6O10PS/c1-61-38-24-20-36(21-25-38)51(35-15-8-4-9-16-35,37-22-26-39(62-2)27-23-37)64-31-50-30-63-44(45(50)67-68-57-28-12-19-41(57)42(66-68)29-69(59,60)40-17-10-5-11-18-40)49(65-50)56-33-54-43-46(52-32-53-47(43)56)55-48(58)34-13-6-3-7-14-34/h3-11,13-18,20-27,32-33,41-42,44-45,49H,12,19,28-31H2,1-2H3,(H,52,53,55,58)/t41-,42+,44+,45-,49+,50+,68-/m0/s1. The molecule has 4 fully saturated rings. The molecule has 0 radical (unpaired) electrons. The summed E-state index contributed by atoms with van der Waals surface area (Å²) in [6.45, 7) is 0.722. The molecule has 4 aliphatic heterocycles. The Labute approximate surface area is 400 Å². The first-order valence-electron chi connectivity index (χ1n) is 22.7. The topological polar surface area (TPSA) is 175 Å². The molecule has 0 aliphatic carbocycles. The number of nitrogens with zero attached hydrogens (tertiary/aromatic N) is 5. The van der Waals surface area contributed by atoms with Crippen LogP contribution < -0.4 is 14.8 Å². The maximum Gasteiger partial charge on any atom is 0.259 e. The molecule has 354 valence electrons. The van der Waals surface area contributed by atoms with Crippen molar-refractivity contribution in [3.63, 3.8) is 0 Å². The fourth-order valence-corrected chi connectivity index (χ4v) is 13.6. The fraction of sp³-hybridized carbons (Fsp3) is 0.294. The highest BCUT2D eigenvalue weighted by molar-refractivity contribution is 7.91. The fourth-order valence-electron chi connectivity index (χ4n) is 9.95. The van der Waals surface area contributed by atoms with Crippen molar-refractivity contribution < 1.29 is 45.9 Å². The first kappa shape index (κ1) is 45.3. The van der Waals surface area contributed by atoms with Gasteiger partial charge in [0.15, 0.2) is 33.0 Å². The van der Waals surface area contributed by atoms with Gasteiger partial charge in [0.2, 0.25) is 0 Å². The first-order chi connectivity index (χ1) is 33.7. The van der Waals surface area contributed by atoms with E-state index in [2.05, 4.69) is 20.0 Å². The average molecular weight is 969 g/mol. The zero-order chi connectivity index (χ0) is 47.2. The zero-order valence-corrected chi connectivity index (χ0v) is 39.4. The summed E-state index contributed by atoms with van der Waals surface area (Å²) in [5.41, 5.74) is 1.23. The molecule has 11 rings (SSSR count). The molecular formula is C51H49N6O10PS. The molecule has 2 bridgehead atoms. The molecule has 7 aromatic rings. The van der Waals surface area contributed by atoms with Gasteiger partial charge in [-0.3, -0.25) is 9.36 Å². The van der Waals surface area contributed by atoms with E-state index < -0.39 is 54.1 Å². The Kier molecular flexibility index (Phi) is 12.2. The normalized spacial score (nSPS) is 24.4. The number of aromatic nitrogens is 4. The van der Waals surface area contributed by atoms with Crippen LogP contribution >= 0.6 is 8.53 Å². The van der Waals surface area contributed by atoms with E-state index in [1.165, 1.54) is 6.33 Å². The van der Waals surface area contributed by atoms with E-state index in [1.54, 1.807) is 79.7 Å². The zero-order valence-electron chi connectivity index (χ0n) is 37.7. The largest absolute Gasteiger partial charge is 0.497 e. The van der Waals surface area contributed by atoms with E-state index in [1.807, 2.05) is 84.9 Å². The Morgan fingerprint density at radius 2 is 1.46 bits per heavy atom. The summed E-state index contributed by atoms with van der Waals surface area (Å²) in [4.78, 5) is 27.3. The van der Waals surface area contributed by atoms with E-state index in [0.29, 0.717) is 34.8 Å². The third kappa shape index (κ3) is 8.26. The molecule has 16 nitrogen and oxygen atoms in total. The van der Waals surface area contributed by atoms with Crippen LogP contribution in [0.4, 0.5) is 5.82 Å². The van der Waals surface area contributed by atoms with E-state index in [0.717, 1.165) is 29.5 Å². The average Bonchev–Trinajstić information content (AvgIpc) is 4.24. The lowest BCUT2D eigenvalue weighted by Gasteiger charge is -2.40. The van der Waals surface area contributed by atoms with Gasteiger partial charge in [0, 0.05) is 18.2 Å². The number of carbonyl (C=O) groups is 1. The Bertz CT molecular complexity index is 3000. The highest BCUT2D eigenvalue weighted by atomic mass is 32.2. The second-order valence-electron chi connectivity index (χ2n) is 17.4. The molecule has 4 saturated heterocycles. The summed E-state index contributed by atoms with van der Waals surface area (Å²) in [5.74, 6) is 1.06. The van der Waals surface area contributed by atoms with Gasteiger partial charge < -0.3 is 38.0 Å². The lowest BCUT2D eigenvalue weighted by Crippen LogP contribution is -2.49. The Morgan fingerprint density at radius 1 is 0.826 bits per heavy atom. The van der Waals surface area contributed by atoms with Gasteiger partial charge in [-0.1, -0.05) is 91.0 Å². The highest BCUT2D eigenvalue weighted by Crippen LogP contribution is 2.61. The number of methoxy groups -OCH3 is 2. The van der Waals surface area contributed by atoms with Crippen LogP contribution in [0.15, 0.2) is 157 Å². The van der Waals surface area contributed by atoms with Gasteiger partial charge in [-0.2, -0.15) is 0 Å². The molecule has 1 N–H and O–H groups in total. The van der Waals surface area contributed by atoms with Crippen LogP contribution in [0, 0.1) is 0 Å². The van der Waals surface area contributed by atoms with Gasteiger partial charge >= 0.3 is 0 Å². The summed E-state index contributed by atoms with van der Waals surface area (Å²) in [6.07, 6.45) is 1.59. The molecule has 1 amide bonds. The van der Waals surface area contributed by atoms with Crippen molar-refractivity contribution >= 4 is 41.3 Å². The number of rotatable bonds is 16. The van der Waals surface area contributed by atoms with Crippen LogP contribution in [-0.2, 0) is 38.7 Å². The molecule has 4 aliphatic rings. The Hall–Kier alpha value is -6.14. The van der Waals surface area contributed by atoms with Crippen molar-refractivity contribution in [2.45, 2.75) is 59.5 Å². The number of imidazole rings is 1. The smallest absolute Gasteiger partial charge is 0.259 e. The van der Waals surface area contributed by atoms with Crippen LogP contribution in [0.25, 0.3) is 11.2 Å². The number of sulfone groups is 1. The SMILES string of the molecule is COc1ccc(C(OC[C@@]23CO[C@@H]([C@H](n4cnc5c(NC(=O)c6ccccc6)ncnc54)O2)[C@@H]3O[P@]2O[C@H](CS(=O)(=O)c3ccccc3)[C@@H]3CCCN32)(c2ccccc2)c2ccc(OC)cc2)cc1. The molecule has 7 atom stereocenters. The molecule has 6 heterocycles. The van der Waals surface area contributed by atoms with Crippen molar-refractivity contribution in [1.82, 2.24) is 24.2 Å². The van der Waals surface area contributed by atoms with Crippen LogP contribution in [-0.4, -0.2) is 108 Å². The highest BCUT2D eigenvalue weighted by Gasteiger charge is 2.66. The number of fused-ring (bicyclic) bond motifs is 4. The minimum Gasteiger partial charge on any atom is -0.497 e. The maximum atomic E-state index is 13.8. The third-order valence-corrected chi connectivity index (χ3v) is 16.9. The summed E-state index contributed by atoms with van der Waals surface area (Å²) < 4.78 is 78.2. The van der Waals surface area contributed by atoms with Gasteiger partial charge in [-0.05, 0) is 78.1 Å². The van der Waals surface area contributed by atoms with Crippen LogP contribution in [0.5, 0.6) is 11.5 Å². The minimum absolute atomic E-state index is 0.0456. The number of hydrogen-bond acceptors (Lipinski definition) is 14. The van der Waals surface area contributed by atoms with Crippen molar-refractivity contribution in [3.8, 4) is 11.5 Å². The summed E-state index contributed by atoms with van der Waals surface area (Å²) in [7, 11) is -2.23. The van der Waals surface area contributed by atoms with Crippen LogP contribution in [0.2, 0.25) is 0 Å². The predicted molar refractivity (Wildman–Crippen MR) is 255 cm³/mol. The molecule has 2 aromatic heterocycles. The summed E-state index contributed by atoms with van der Waals surface area (Å²) in [6, 6.07) is 42.7. The molecule has 0 unspecified atom stereocenters. The molecule has 0 saturated carbocycles. The number of anilines is 1. The minimum atomic E-state index is -3.68. The molecule has 69 heavy (non-hydrogen) atoms. The van der Waals surface area contributed by atoms with Gasteiger partial charge in [0.05, 0.1) is 50.5 Å². The lowest BCUT2D eigenvalue weighted by molar-refractivity contribution is -0.201. The summed E-state index contributed by atoms with van der Waals surface area (Å²) >= 11 is 0. The second-order valence-corrected chi connectivity index (χ2v) is 20.8. The van der Waals surface area contributed by atoms with Crippen LogP contribution in [0.3, 0.4) is 0 Å². The first-order valence-corrected chi connectivity index (χ1v) is 25.5. The number of amides is 1. The molecular weight excluding hydrogens is 920 g/mol. The Morgan fingerprint density at radius 3 is 2.13 bits per heavy atom. The van der Waals surface area contributed by atoms with E-state index in [-0.39, 0.29) is 41.6 Å². The van der Waals surface area contributed by atoms with Gasteiger partial charge in [0.1, 0.15) is 41.2 Å². The van der Waals surface area contributed by atoms with E-state index in [4.69, 9.17) is 37.7 Å². The lowest BCUT2D eigenvalue weighted by atomic mass is 9.79. The number of ether oxygens (including phenoxy) is 5. The van der Waals surface area contributed by atoms with Gasteiger partial charge in [-0.15, -0.1) is 0 Å². The van der Waals surface area contributed by atoms with Gasteiger partial charge in [0.25, 0.3) is 14.4 Å². The molecule has 5 aromatic carbocycles. The maximum absolute atomic E-state index is 13.8. The quantitative estimate of drug-likeness (QED) is 0.0736. The Balaban J connectivity index is 0.978. The van der Waals surface area contributed by atoms with Crippen molar-refractivity contribution in [2.24, 2.45) is 0 Å². The molecule has 18 heteroatoms. The number of nitrogens with one attached hydrogen (secondary N) is 1. The number of carbonyl (C=O) groups excluding carboxylic acids is 1. The number of hydrogen-bond donors (Lipinski definition) is 1. The monoisotopic (exact) mass is 968 g/mol. The number of benzene rings is 5. The third-order valence-electron chi connectivity index (χ3n) is 13.4. The predicted octanol–water partition coefficient (Wildman–Crippen LogP) is 7.72. The van der Waals surface area contributed by atoms with Crippen molar-refractivity contribution in [2.75, 3.05) is 45.0 Å². The van der Waals surface area contributed by atoms with Crippen molar-refractivity contribution in [3.05, 3.63) is 174 Å². The van der Waals surface area contributed by atoms with E-state index >= 15 is 0 Å². The second kappa shape index (κ2) is 18.6. The van der Waals surface area contributed by atoms with Gasteiger partial charge in [-0.25, -0.2) is 28.0 Å². The van der Waals surface area contributed by atoms with Crippen molar-refractivity contribution in [1.29, 1.82) is 0 Å². The molecule has 0 spiro atoms. The van der Waals surface area contributed by atoms with Crippen LogP contribution in [0.1, 0.15) is 46.1 Å².